The molecule has 2 aromatic rings. The average Bonchev–Trinajstić information content (AvgIpc) is 2.89. The van der Waals surface area contributed by atoms with Crippen molar-refractivity contribution in [2.45, 2.75) is 50.3 Å². The summed E-state index contributed by atoms with van der Waals surface area (Å²) in [5.41, 5.74) is 6.43. The molecule has 0 fully saturated rings. The summed E-state index contributed by atoms with van der Waals surface area (Å²) in [6.07, 6.45) is 4.82. The number of urea groups is 1. The Hall–Kier alpha value is -1.67. The highest BCUT2D eigenvalue weighted by Gasteiger charge is 2.28. The van der Waals surface area contributed by atoms with E-state index < -0.39 is 11.3 Å². The highest BCUT2D eigenvalue weighted by atomic mass is 32.2. The minimum Gasteiger partial charge on any atom is -0.351 e. The molecule has 0 aromatic carbocycles. The minimum atomic E-state index is -0.828. The maximum atomic E-state index is 12.3. The van der Waals surface area contributed by atoms with Crippen LogP contribution in [0.1, 0.15) is 37.6 Å². The third kappa shape index (κ3) is 3.79. The van der Waals surface area contributed by atoms with E-state index in [1.54, 1.807) is 17.7 Å². The molecular weight excluding hydrogens is 356 g/mol. The highest BCUT2D eigenvalue weighted by Crippen LogP contribution is 2.42. The van der Waals surface area contributed by atoms with Crippen molar-refractivity contribution in [3.8, 4) is 0 Å². The van der Waals surface area contributed by atoms with Crippen molar-refractivity contribution >= 4 is 45.3 Å². The summed E-state index contributed by atoms with van der Waals surface area (Å²) < 4.78 is 0. The zero-order valence-electron chi connectivity index (χ0n) is 14.5. The van der Waals surface area contributed by atoms with Gasteiger partial charge in [-0.3, -0.25) is 10.1 Å². The molecule has 0 bridgehead atoms. The second kappa shape index (κ2) is 7.29. The molecule has 3 rings (SSSR count). The summed E-state index contributed by atoms with van der Waals surface area (Å²) in [7, 11) is 0. The topological polar surface area (TPSA) is 98.0 Å². The normalized spacial score (nSPS) is 18.2. The number of thioether (sulfide) groups is 1. The Balaban J connectivity index is 1.97. The molecule has 2 heterocycles. The molecule has 134 valence electrons. The van der Waals surface area contributed by atoms with Crippen molar-refractivity contribution in [1.82, 2.24) is 15.3 Å². The Kier molecular flexibility index (Phi) is 5.29. The number of imide groups is 1. The molecule has 0 saturated heterocycles. The lowest BCUT2D eigenvalue weighted by atomic mass is 9.89. The quantitative estimate of drug-likeness (QED) is 0.629. The second-order valence-corrected chi connectivity index (χ2v) is 9.06. The number of carbonyl (C=O) groups is 2. The molecule has 8 heteroatoms. The summed E-state index contributed by atoms with van der Waals surface area (Å²) in [5.74, 6) is 0.343. The number of thiophene rings is 1. The van der Waals surface area contributed by atoms with E-state index in [9.17, 15) is 9.59 Å². The van der Waals surface area contributed by atoms with Crippen LogP contribution in [-0.4, -0.2) is 27.2 Å². The van der Waals surface area contributed by atoms with Crippen LogP contribution >= 0.6 is 23.1 Å². The molecular formula is C17H22N4O2S2. The van der Waals surface area contributed by atoms with Crippen molar-refractivity contribution in [1.29, 1.82) is 0 Å². The van der Waals surface area contributed by atoms with Gasteiger partial charge in [-0.05, 0) is 36.7 Å². The van der Waals surface area contributed by atoms with E-state index in [1.165, 1.54) is 22.2 Å². The molecule has 0 aliphatic heterocycles. The standard InChI is InChI=1S/C17H22N4O2S2/c1-8(2)13(14(22)21-17(18)23)25-16-12-10-5-4-9(3)6-11(10)24-15(12)19-7-20-16/h7-9,13H,4-6H2,1-3H3,(H3,18,21,22,23)/t9-,13+/m0/s1. The summed E-state index contributed by atoms with van der Waals surface area (Å²) in [6, 6.07) is -0.828. The van der Waals surface area contributed by atoms with Gasteiger partial charge >= 0.3 is 6.03 Å². The summed E-state index contributed by atoms with van der Waals surface area (Å²) in [4.78, 5) is 34.6. The van der Waals surface area contributed by atoms with Gasteiger partial charge in [0.2, 0.25) is 5.91 Å². The molecule has 0 spiro atoms. The van der Waals surface area contributed by atoms with Gasteiger partial charge in [-0.2, -0.15) is 0 Å². The number of hydrogen-bond donors (Lipinski definition) is 2. The van der Waals surface area contributed by atoms with Crippen molar-refractivity contribution in [2.24, 2.45) is 17.6 Å². The zero-order chi connectivity index (χ0) is 18.1. The Labute approximate surface area is 155 Å². The number of hydrogen-bond acceptors (Lipinski definition) is 6. The van der Waals surface area contributed by atoms with Crippen LogP contribution in [0.25, 0.3) is 10.2 Å². The number of nitrogens with two attached hydrogens (primary N) is 1. The van der Waals surface area contributed by atoms with Crippen LogP contribution in [0.5, 0.6) is 0 Å². The smallest absolute Gasteiger partial charge is 0.318 e. The molecule has 0 unspecified atom stereocenters. The summed E-state index contributed by atoms with van der Waals surface area (Å²) >= 11 is 3.12. The van der Waals surface area contributed by atoms with Gasteiger partial charge in [-0.15, -0.1) is 11.3 Å². The second-order valence-electron chi connectivity index (χ2n) is 6.85. The van der Waals surface area contributed by atoms with Crippen molar-refractivity contribution in [3.05, 3.63) is 16.8 Å². The number of fused-ring (bicyclic) bond motifs is 3. The van der Waals surface area contributed by atoms with Crippen LogP contribution in [0.3, 0.4) is 0 Å². The fourth-order valence-corrected chi connectivity index (χ4v) is 5.68. The number of nitrogens with zero attached hydrogens (tertiary/aromatic N) is 2. The molecule has 2 aromatic heterocycles. The number of rotatable bonds is 4. The molecule has 3 N–H and O–H groups in total. The van der Waals surface area contributed by atoms with Crippen LogP contribution in [0, 0.1) is 11.8 Å². The Morgan fingerprint density at radius 3 is 2.84 bits per heavy atom. The molecule has 25 heavy (non-hydrogen) atoms. The number of aromatic nitrogens is 2. The van der Waals surface area contributed by atoms with Gasteiger partial charge in [0, 0.05) is 10.3 Å². The number of nitrogens with one attached hydrogen (secondary N) is 1. The highest BCUT2D eigenvalue weighted by molar-refractivity contribution is 8.00. The number of amides is 3. The molecule has 6 nitrogen and oxygen atoms in total. The maximum absolute atomic E-state index is 12.3. The summed E-state index contributed by atoms with van der Waals surface area (Å²) in [6.45, 7) is 6.17. The largest absolute Gasteiger partial charge is 0.351 e. The lowest BCUT2D eigenvalue weighted by molar-refractivity contribution is -0.120. The van der Waals surface area contributed by atoms with Crippen LogP contribution in [-0.2, 0) is 17.6 Å². The maximum Gasteiger partial charge on any atom is 0.318 e. The van der Waals surface area contributed by atoms with Crippen LogP contribution in [0.4, 0.5) is 4.79 Å². The zero-order valence-corrected chi connectivity index (χ0v) is 16.2. The summed E-state index contributed by atoms with van der Waals surface area (Å²) in [5, 5.41) is 3.65. The number of primary amides is 1. The Bertz CT molecular complexity index is 818. The molecule has 1 aliphatic carbocycles. The van der Waals surface area contributed by atoms with E-state index in [-0.39, 0.29) is 11.8 Å². The first-order chi connectivity index (χ1) is 11.9. The number of aryl methyl sites for hydroxylation is 1. The van der Waals surface area contributed by atoms with E-state index >= 15 is 0 Å². The van der Waals surface area contributed by atoms with E-state index in [4.69, 9.17) is 5.73 Å². The van der Waals surface area contributed by atoms with Crippen molar-refractivity contribution in [2.75, 3.05) is 0 Å². The first-order valence-electron chi connectivity index (χ1n) is 8.39. The first kappa shape index (κ1) is 18.1. The average molecular weight is 379 g/mol. The van der Waals surface area contributed by atoms with E-state index in [1.807, 2.05) is 13.8 Å². The molecule has 2 atom stereocenters. The van der Waals surface area contributed by atoms with E-state index in [0.29, 0.717) is 5.92 Å². The SMILES string of the molecule is CC(C)[C@@H](Sc1ncnc2sc3c(c12)CC[C@H](C)C3)C(=O)NC(N)=O. The van der Waals surface area contributed by atoms with Crippen LogP contribution in [0.2, 0.25) is 0 Å². The lowest BCUT2D eigenvalue weighted by Gasteiger charge is -2.20. The fourth-order valence-electron chi connectivity index (χ4n) is 3.14. The van der Waals surface area contributed by atoms with E-state index in [0.717, 1.165) is 34.5 Å². The first-order valence-corrected chi connectivity index (χ1v) is 10.1. The van der Waals surface area contributed by atoms with Gasteiger partial charge in [0.05, 0.1) is 5.25 Å². The number of carbonyl (C=O) groups excluding carboxylic acids is 2. The predicted octanol–water partition coefficient (Wildman–Crippen LogP) is 3.13. The molecule has 3 amide bonds. The Morgan fingerprint density at radius 1 is 1.40 bits per heavy atom. The van der Waals surface area contributed by atoms with Crippen LogP contribution in [0.15, 0.2) is 11.4 Å². The monoisotopic (exact) mass is 378 g/mol. The van der Waals surface area contributed by atoms with Crippen molar-refractivity contribution < 1.29 is 9.59 Å². The Morgan fingerprint density at radius 2 is 2.16 bits per heavy atom. The van der Waals surface area contributed by atoms with Gasteiger partial charge in [0.1, 0.15) is 16.2 Å². The lowest BCUT2D eigenvalue weighted by Crippen LogP contribution is -2.42. The fraction of sp³-hybridized carbons (Fsp3) is 0.529. The molecule has 0 radical (unpaired) electrons. The molecule has 1 aliphatic rings. The minimum absolute atomic E-state index is 0.0313. The van der Waals surface area contributed by atoms with Gasteiger partial charge in [0.25, 0.3) is 0 Å². The molecule has 0 saturated carbocycles. The van der Waals surface area contributed by atoms with Crippen molar-refractivity contribution in [3.63, 3.8) is 0 Å². The predicted molar refractivity (Wildman–Crippen MR) is 101 cm³/mol. The van der Waals surface area contributed by atoms with Gasteiger partial charge in [-0.1, -0.05) is 32.5 Å². The van der Waals surface area contributed by atoms with Gasteiger partial charge in [-0.25, -0.2) is 14.8 Å². The third-order valence-corrected chi connectivity index (χ3v) is 7.11. The third-order valence-electron chi connectivity index (χ3n) is 4.41. The van der Waals surface area contributed by atoms with Gasteiger partial charge in [0.15, 0.2) is 0 Å². The van der Waals surface area contributed by atoms with Crippen LogP contribution < -0.4 is 11.1 Å². The van der Waals surface area contributed by atoms with Gasteiger partial charge < -0.3 is 5.73 Å². The van der Waals surface area contributed by atoms with E-state index in [2.05, 4.69) is 22.2 Å².